The van der Waals surface area contributed by atoms with E-state index in [0.717, 1.165) is 5.57 Å². The molecular weight excluding hydrogens is 320 g/mol. The quantitative estimate of drug-likeness (QED) is 0.648. The molecule has 1 atom stereocenters. The van der Waals surface area contributed by atoms with E-state index in [1.54, 1.807) is 0 Å². The SMILES string of the molecule is CC(C)C1=CC(c2cc(C(C)C)cc(C(C)C)c2)=CC(C(C)C)C1(O)O. The van der Waals surface area contributed by atoms with Crippen molar-refractivity contribution in [3.8, 4) is 0 Å². The molecule has 2 rings (SSSR count). The molecule has 0 heterocycles. The number of benzene rings is 1. The molecule has 0 amide bonds. The van der Waals surface area contributed by atoms with E-state index in [1.165, 1.54) is 16.7 Å². The van der Waals surface area contributed by atoms with Crippen molar-refractivity contribution in [2.24, 2.45) is 17.8 Å². The third kappa shape index (κ3) is 4.13. The summed E-state index contributed by atoms with van der Waals surface area (Å²) in [4.78, 5) is 0. The summed E-state index contributed by atoms with van der Waals surface area (Å²) in [5.41, 5.74) is 5.65. The number of hydrogen-bond acceptors (Lipinski definition) is 2. The molecule has 2 heteroatoms. The summed E-state index contributed by atoms with van der Waals surface area (Å²) >= 11 is 0. The predicted octanol–water partition coefficient (Wildman–Crippen LogP) is 5.87. The van der Waals surface area contributed by atoms with Gasteiger partial charge in [0.1, 0.15) is 0 Å². The fourth-order valence-electron chi connectivity index (χ4n) is 3.76. The fraction of sp³-hybridized carbons (Fsp3) is 0.583. The van der Waals surface area contributed by atoms with Crippen molar-refractivity contribution in [3.63, 3.8) is 0 Å². The summed E-state index contributed by atoms with van der Waals surface area (Å²) < 4.78 is 0. The van der Waals surface area contributed by atoms with Gasteiger partial charge in [-0.1, -0.05) is 79.7 Å². The normalized spacial score (nSPS) is 20.2. The number of rotatable bonds is 5. The van der Waals surface area contributed by atoms with Crippen LogP contribution >= 0.6 is 0 Å². The Hall–Kier alpha value is -1.38. The molecule has 0 fully saturated rings. The topological polar surface area (TPSA) is 40.5 Å². The summed E-state index contributed by atoms with van der Waals surface area (Å²) in [5.74, 6) is -0.956. The zero-order valence-electron chi connectivity index (χ0n) is 17.7. The second-order valence-corrected chi connectivity index (χ2v) is 9.07. The molecule has 144 valence electrons. The molecular formula is C24H36O2. The molecule has 0 saturated heterocycles. The largest absolute Gasteiger partial charge is 0.362 e. The summed E-state index contributed by atoms with van der Waals surface area (Å²) in [5, 5.41) is 21.7. The van der Waals surface area contributed by atoms with Crippen LogP contribution in [-0.2, 0) is 0 Å². The van der Waals surface area contributed by atoms with E-state index < -0.39 is 5.79 Å². The minimum atomic E-state index is -1.78. The van der Waals surface area contributed by atoms with Gasteiger partial charge < -0.3 is 10.2 Å². The molecule has 2 N–H and O–H groups in total. The zero-order valence-corrected chi connectivity index (χ0v) is 17.7. The van der Waals surface area contributed by atoms with Crippen molar-refractivity contribution in [1.29, 1.82) is 0 Å². The van der Waals surface area contributed by atoms with Crippen LogP contribution in [0.4, 0.5) is 0 Å². The number of aliphatic hydroxyl groups is 2. The van der Waals surface area contributed by atoms with Crippen LogP contribution in [0.15, 0.2) is 35.9 Å². The van der Waals surface area contributed by atoms with Gasteiger partial charge in [0, 0.05) is 5.92 Å². The standard InChI is InChI=1S/C24H36O2/c1-14(2)18-9-19(15(3)4)11-20(10-18)21-12-22(16(5)6)24(25,26)23(13-21)17(7)8/h9-17,22,25-26H,1-8H3. The summed E-state index contributed by atoms with van der Waals surface area (Å²) in [6, 6.07) is 6.82. The average molecular weight is 357 g/mol. The molecule has 0 saturated carbocycles. The second kappa shape index (κ2) is 7.70. The highest BCUT2D eigenvalue weighted by molar-refractivity contribution is 5.78. The fourth-order valence-corrected chi connectivity index (χ4v) is 3.76. The summed E-state index contributed by atoms with van der Waals surface area (Å²) in [6.45, 7) is 17.0. The van der Waals surface area contributed by atoms with Crippen LogP contribution in [0.3, 0.4) is 0 Å². The van der Waals surface area contributed by atoms with E-state index in [4.69, 9.17) is 0 Å². The van der Waals surface area contributed by atoms with Gasteiger partial charge >= 0.3 is 0 Å². The van der Waals surface area contributed by atoms with Crippen LogP contribution in [0.2, 0.25) is 0 Å². The van der Waals surface area contributed by atoms with Crippen molar-refractivity contribution >= 4 is 5.57 Å². The van der Waals surface area contributed by atoms with E-state index in [9.17, 15) is 10.2 Å². The Balaban J connectivity index is 2.66. The lowest BCUT2D eigenvalue weighted by molar-refractivity contribution is -0.171. The van der Waals surface area contributed by atoms with Crippen LogP contribution in [0.1, 0.15) is 83.9 Å². The summed E-state index contributed by atoms with van der Waals surface area (Å²) in [7, 11) is 0. The first-order valence-electron chi connectivity index (χ1n) is 9.99. The maximum atomic E-state index is 10.8. The first kappa shape index (κ1) is 20.9. The molecule has 2 nitrogen and oxygen atoms in total. The van der Waals surface area contributed by atoms with Crippen molar-refractivity contribution in [1.82, 2.24) is 0 Å². The molecule has 0 radical (unpaired) electrons. The lowest BCUT2D eigenvalue weighted by atomic mass is 9.73. The molecule has 1 aliphatic carbocycles. The molecule has 1 unspecified atom stereocenters. The van der Waals surface area contributed by atoms with Gasteiger partial charge in [-0.05, 0) is 57.6 Å². The average Bonchev–Trinajstić information content (AvgIpc) is 2.53. The van der Waals surface area contributed by atoms with Crippen LogP contribution < -0.4 is 0 Å². The number of allylic oxidation sites excluding steroid dienone is 2. The maximum Gasteiger partial charge on any atom is 0.192 e. The van der Waals surface area contributed by atoms with Crippen molar-refractivity contribution < 1.29 is 10.2 Å². The predicted molar refractivity (Wildman–Crippen MR) is 111 cm³/mol. The highest BCUT2D eigenvalue weighted by Crippen LogP contribution is 2.42. The molecule has 1 aliphatic rings. The van der Waals surface area contributed by atoms with Crippen LogP contribution in [0.5, 0.6) is 0 Å². The highest BCUT2D eigenvalue weighted by Gasteiger charge is 2.42. The second-order valence-electron chi connectivity index (χ2n) is 9.07. The van der Waals surface area contributed by atoms with Crippen LogP contribution in [0.25, 0.3) is 5.57 Å². The van der Waals surface area contributed by atoms with Crippen LogP contribution in [-0.4, -0.2) is 16.0 Å². The Bertz CT molecular complexity index is 677. The van der Waals surface area contributed by atoms with Gasteiger partial charge in [-0.2, -0.15) is 0 Å². The third-order valence-electron chi connectivity index (χ3n) is 5.54. The van der Waals surface area contributed by atoms with Gasteiger partial charge in [-0.3, -0.25) is 0 Å². The Morgan fingerprint density at radius 3 is 1.65 bits per heavy atom. The molecule has 0 spiro atoms. The smallest absolute Gasteiger partial charge is 0.192 e. The van der Waals surface area contributed by atoms with E-state index in [-0.39, 0.29) is 17.8 Å². The first-order valence-corrected chi connectivity index (χ1v) is 9.99. The third-order valence-corrected chi connectivity index (χ3v) is 5.54. The Morgan fingerprint density at radius 1 is 0.769 bits per heavy atom. The van der Waals surface area contributed by atoms with Gasteiger partial charge in [0.25, 0.3) is 0 Å². The minimum absolute atomic E-state index is 0.0767. The van der Waals surface area contributed by atoms with Crippen LogP contribution in [0, 0.1) is 17.8 Å². The highest BCUT2D eigenvalue weighted by atomic mass is 16.5. The van der Waals surface area contributed by atoms with E-state index >= 15 is 0 Å². The Morgan fingerprint density at radius 2 is 1.27 bits per heavy atom. The number of hydrogen-bond donors (Lipinski definition) is 2. The summed E-state index contributed by atoms with van der Waals surface area (Å²) in [6.07, 6.45) is 4.05. The lowest BCUT2D eigenvalue weighted by Crippen LogP contribution is -2.44. The molecule has 1 aromatic carbocycles. The van der Waals surface area contributed by atoms with Gasteiger partial charge in [-0.15, -0.1) is 0 Å². The van der Waals surface area contributed by atoms with Crippen molar-refractivity contribution in [2.75, 3.05) is 0 Å². The minimum Gasteiger partial charge on any atom is -0.362 e. The molecule has 26 heavy (non-hydrogen) atoms. The van der Waals surface area contributed by atoms with Crippen molar-refractivity contribution in [2.45, 2.75) is 73.0 Å². The van der Waals surface area contributed by atoms with Gasteiger partial charge in [-0.25, -0.2) is 0 Å². The lowest BCUT2D eigenvalue weighted by Gasteiger charge is -2.39. The Kier molecular flexibility index (Phi) is 6.20. The van der Waals surface area contributed by atoms with E-state index in [2.05, 4.69) is 52.0 Å². The molecule has 0 bridgehead atoms. The maximum absolute atomic E-state index is 10.8. The monoisotopic (exact) mass is 356 g/mol. The van der Waals surface area contributed by atoms with Gasteiger partial charge in [0.05, 0.1) is 0 Å². The van der Waals surface area contributed by atoms with E-state index in [0.29, 0.717) is 17.4 Å². The van der Waals surface area contributed by atoms with Gasteiger partial charge in [0.2, 0.25) is 0 Å². The first-order chi connectivity index (χ1) is 11.9. The Labute approximate surface area is 159 Å². The van der Waals surface area contributed by atoms with Crippen molar-refractivity contribution in [3.05, 3.63) is 52.6 Å². The molecule has 0 aliphatic heterocycles. The van der Waals surface area contributed by atoms with E-state index in [1.807, 2.05) is 33.8 Å². The molecule has 1 aromatic rings. The zero-order chi connectivity index (χ0) is 19.8. The van der Waals surface area contributed by atoms with Gasteiger partial charge in [0.15, 0.2) is 5.79 Å². The molecule has 0 aromatic heterocycles.